The molecule has 0 radical (unpaired) electrons. The summed E-state index contributed by atoms with van der Waals surface area (Å²) in [5.74, 6) is 0.904. The number of aliphatic hydroxyl groups excluding tert-OH is 1. The third-order valence-electron chi connectivity index (χ3n) is 5.30. The summed E-state index contributed by atoms with van der Waals surface area (Å²) in [4.78, 5) is 0.147. The van der Waals surface area contributed by atoms with Crippen LogP contribution in [0.4, 0.5) is 0 Å². The topological polar surface area (TPSA) is 116 Å². The minimum atomic E-state index is -3.73. The van der Waals surface area contributed by atoms with Gasteiger partial charge in [-0.2, -0.15) is 0 Å². The lowest BCUT2D eigenvalue weighted by atomic mass is 9.98. The third kappa shape index (κ3) is 5.57. The zero-order valence-corrected chi connectivity index (χ0v) is 18.4. The Morgan fingerprint density at radius 2 is 2.03 bits per heavy atom. The van der Waals surface area contributed by atoms with Crippen LogP contribution in [0.1, 0.15) is 44.7 Å². The van der Waals surface area contributed by atoms with Crippen molar-refractivity contribution in [2.24, 2.45) is 0 Å². The van der Waals surface area contributed by atoms with Crippen LogP contribution in [0.3, 0.4) is 0 Å². The molecule has 30 heavy (non-hydrogen) atoms. The van der Waals surface area contributed by atoms with E-state index in [1.54, 1.807) is 16.8 Å². The van der Waals surface area contributed by atoms with Crippen LogP contribution in [0.25, 0.3) is 0 Å². The zero-order chi connectivity index (χ0) is 21.7. The summed E-state index contributed by atoms with van der Waals surface area (Å²) < 4.78 is 40.9. The first-order valence-corrected chi connectivity index (χ1v) is 11.6. The molecule has 0 bridgehead atoms. The summed E-state index contributed by atoms with van der Waals surface area (Å²) in [5, 5.41) is 18.0. The lowest BCUT2D eigenvalue weighted by molar-refractivity contribution is -0.0891. The highest BCUT2D eigenvalue weighted by Crippen LogP contribution is 2.24. The molecule has 2 aromatic rings. The molecule has 3 atom stereocenters. The number of ether oxygens (including phenoxy) is 2. The van der Waals surface area contributed by atoms with E-state index in [-0.39, 0.29) is 17.6 Å². The van der Waals surface area contributed by atoms with E-state index >= 15 is 0 Å². The predicted molar refractivity (Wildman–Crippen MR) is 111 cm³/mol. The van der Waals surface area contributed by atoms with Crippen LogP contribution in [0.5, 0.6) is 5.75 Å². The number of sulfonamides is 1. The average Bonchev–Trinajstić information content (AvgIpc) is 3.22. The number of aliphatic hydroxyl groups is 1. The van der Waals surface area contributed by atoms with Crippen molar-refractivity contribution in [3.63, 3.8) is 0 Å². The smallest absolute Gasteiger partial charge is 0.240 e. The third-order valence-corrected chi connectivity index (χ3v) is 6.81. The molecule has 166 valence electrons. The molecule has 0 aliphatic carbocycles. The fourth-order valence-corrected chi connectivity index (χ4v) is 4.76. The van der Waals surface area contributed by atoms with Crippen molar-refractivity contribution in [2.75, 3.05) is 13.7 Å². The molecule has 10 heteroatoms. The summed E-state index contributed by atoms with van der Waals surface area (Å²) in [6, 6.07) is 5.69. The van der Waals surface area contributed by atoms with Gasteiger partial charge in [0.25, 0.3) is 0 Å². The van der Waals surface area contributed by atoms with Gasteiger partial charge >= 0.3 is 0 Å². The molecule has 1 aliphatic heterocycles. The van der Waals surface area contributed by atoms with Crippen LogP contribution in [0, 0.1) is 0 Å². The number of hydrogen-bond acceptors (Lipinski definition) is 7. The predicted octanol–water partition coefficient (Wildman–Crippen LogP) is 1.69. The number of nitrogens with zero attached hydrogens (tertiary/aromatic N) is 3. The molecule has 2 heterocycles. The Bertz CT molecular complexity index is 914. The maximum atomic E-state index is 12.7. The van der Waals surface area contributed by atoms with E-state index in [4.69, 9.17) is 9.47 Å². The lowest BCUT2D eigenvalue weighted by Crippen LogP contribution is -2.50. The largest absolute Gasteiger partial charge is 0.497 e. The van der Waals surface area contributed by atoms with Crippen molar-refractivity contribution in [3.05, 3.63) is 36.2 Å². The number of methoxy groups -OCH3 is 1. The van der Waals surface area contributed by atoms with Crippen molar-refractivity contribution in [2.45, 2.75) is 68.7 Å². The molecule has 0 unspecified atom stereocenters. The Balaban J connectivity index is 1.56. The average molecular weight is 439 g/mol. The number of aryl methyl sites for hydroxylation is 1. The molecule has 3 rings (SSSR count). The molecule has 2 N–H and O–H groups in total. The van der Waals surface area contributed by atoms with Crippen LogP contribution < -0.4 is 9.46 Å². The molecule has 1 aromatic heterocycles. The first-order chi connectivity index (χ1) is 14.3. The molecule has 0 spiro atoms. The molecule has 1 fully saturated rings. The van der Waals surface area contributed by atoms with Crippen LogP contribution in [-0.4, -0.2) is 60.5 Å². The van der Waals surface area contributed by atoms with Gasteiger partial charge < -0.3 is 14.6 Å². The molecular weight excluding hydrogens is 408 g/mol. The van der Waals surface area contributed by atoms with E-state index in [1.165, 1.54) is 19.2 Å². The lowest BCUT2D eigenvalue weighted by Gasteiger charge is -2.36. The van der Waals surface area contributed by atoms with Gasteiger partial charge in [0.2, 0.25) is 10.0 Å². The van der Waals surface area contributed by atoms with Gasteiger partial charge in [0.1, 0.15) is 5.75 Å². The summed E-state index contributed by atoms with van der Waals surface area (Å²) >= 11 is 0. The van der Waals surface area contributed by atoms with Gasteiger partial charge in [-0.3, -0.25) is 4.68 Å². The SMILES string of the molecule is COc1ccc(S(=O)(=O)N[C@@H]2CC[C@@H](CCn3cc(C(C)C)nn3)O[C@@H]2CO)cc1. The summed E-state index contributed by atoms with van der Waals surface area (Å²) in [6.45, 7) is 4.53. The van der Waals surface area contributed by atoms with E-state index in [1.807, 2.05) is 6.20 Å². The van der Waals surface area contributed by atoms with Gasteiger partial charge in [0.05, 0.1) is 42.6 Å². The quantitative estimate of drug-likeness (QED) is 0.612. The van der Waals surface area contributed by atoms with Gasteiger partial charge in [0, 0.05) is 12.7 Å². The Hall–Kier alpha value is -2.01. The highest BCUT2D eigenvalue weighted by atomic mass is 32.2. The van der Waals surface area contributed by atoms with Crippen LogP contribution in [-0.2, 0) is 21.3 Å². The van der Waals surface area contributed by atoms with E-state index in [0.717, 1.165) is 12.1 Å². The van der Waals surface area contributed by atoms with Crippen LogP contribution in [0.15, 0.2) is 35.4 Å². The normalized spacial score (nSPS) is 22.4. The molecule has 1 saturated heterocycles. The maximum absolute atomic E-state index is 12.7. The van der Waals surface area contributed by atoms with Crippen molar-refractivity contribution in [1.82, 2.24) is 19.7 Å². The highest BCUT2D eigenvalue weighted by molar-refractivity contribution is 7.89. The molecule has 0 amide bonds. The molecule has 9 nitrogen and oxygen atoms in total. The molecule has 1 aliphatic rings. The van der Waals surface area contributed by atoms with E-state index in [0.29, 0.717) is 31.1 Å². The fourth-order valence-electron chi connectivity index (χ4n) is 3.46. The second kappa shape index (κ2) is 9.86. The number of rotatable bonds is 9. The number of hydrogen-bond donors (Lipinski definition) is 2. The minimum absolute atomic E-state index is 0.0735. The second-order valence-electron chi connectivity index (χ2n) is 7.81. The number of nitrogens with one attached hydrogen (secondary N) is 1. The summed E-state index contributed by atoms with van der Waals surface area (Å²) in [7, 11) is -2.20. The summed E-state index contributed by atoms with van der Waals surface area (Å²) in [6.07, 6.45) is 3.25. The number of benzene rings is 1. The first kappa shape index (κ1) is 22.7. The van der Waals surface area contributed by atoms with Crippen molar-refractivity contribution >= 4 is 10.0 Å². The molecule has 1 aromatic carbocycles. The van der Waals surface area contributed by atoms with Gasteiger partial charge in [-0.25, -0.2) is 13.1 Å². The fraction of sp³-hybridized carbons (Fsp3) is 0.600. The maximum Gasteiger partial charge on any atom is 0.240 e. The van der Waals surface area contributed by atoms with E-state index < -0.39 is 22.2 Å². The zero-order valence-electron chi connectivity index (χ0n) is 17.6. The Morgan fingerprint density at radius 3 is 2.63 bits per heavy atom. The Labute approximate surface area is 177 Å². The first-order valence-electron chi connectivity index (χ1n) is 10.1. The van der Waals surface area contributed by atoms with Gasteiger partial charge in [-0.15, -0.1) is 5.10 Å². The number of aromatic nitrogens is 3. The van der Waals surface area contributed by atoms with E-state index in [2.05, 4.69) is 28.9 Å². The molecular formula is C20H30N4O5S. The van der Waals surface area contributed by atoms with Crippen LogP contribution in [0.2, 0.25) is 0 Å². The standard InChI is InChI=1S/C20H30N4O5S/c1-14(2)19-12-24(23-21-19)11-10-16-6-9-18(20(13-25)29-16)22-30(26,27)17-7-4-15(28-3)5-8-17/h4-5,7-8,12,14,16,18,20,22,25H,6,9-11,13H2,1-3H3/t16-,18+,20+/m0/s1. The summed E-state index contributed by atoms with van der Waals surface area (Å²) in [5.41, 5.74) is 0.945. The molecule has 0 saturated carbocycles. The monoisotopic (exact) mass is 438 g/mol. The minimum Gasteiger partial charge on any atom is -0.497 e. The van der Waals surface area contributed by atoms with Gasteiger partial charge in [-0.1, -0.05) is 19.1 Å². The van der Waals surface area contributed by atoms with Gasteiger partial charge in [-0.05, 0) is 49.4 Å². The Morgan fingerprint density at radius 1 is 1.30 bits per heavy atom. The van der Waals surface area contributed by atoms with Crippen LogP contribution >= 0.6 is 0 Å². The second-order valence-corrected chi connectivity index (χ2v) is 9.52. The highest BCUT2D eigenvalue weighted by Gasteiger charge is 2.34. The van der Waals surface area contributed by atoms with Crippen molar-refractivity contribution in [1.29, 1.82) is 0 Å². The van der Waals surface area contributed by atoms with Crippen molar-refractivity contribution < 1.29 is 23.0 Å². The van der Waals surface area contributed by atoms with Crippen molar-refractivity contribution in [3.8, 4) is 5.75 Å². The van der Waals surface area contributed by atoms with Gasteiger partial charge in [0.15, 0.2) is 0 Å². The Kier molecular flexibility index (Phi) is 7.45. The van der Waals surface area contributed by atoms with E-state index in [9.17, 15) is 13.5 Å².